The number of nitrogens with zero attached hydrogens (tertiary/aromatic N) is 1. The van der Waals surface area contributed by atoms with Gasteiger partial charge in [0.15, 0.2) is 0 Å². The molecule has 0 unspecified atom stereocenters. The lowest BCUT2D eigenvalue weighted by atomic mass is 9.43. The van der Waals surface area contributed by atoms with Crippen molar-refractivity contribution in [2.24, 2.45) is 57.8 Å². The van der Waals surface area contributed by atoms with E-state index in [-0.39, 0.29) is 84.0 Å². The van der Waals surface area contributed by atoms with Crippen molar-refractivity contribution in [1.29, 1.82) is 0 Å². The molecule has 6 amide bonds. The second-order valence-corrected chi connectivity index (χ2v) is 25.1. The molecule has 4 aliphatic rings. The smallest absolute Gasteiger partial charge is 0.243 e. The van der Waals surface area contributed by atoms with Gasteiger partial charge in [0.05, 0.1) is 30.2 Å². The summed E-state index contributed by atoms with van der Waals surface area (Å²) in [4.78, 5) is 89.7. The van der Waals surface area contributed by atoms with Gasteiger partial charge in [0.2, 0.25) is 35.4 Å². The third-order valence-corrected chi connectivity index (χ3v) is 19.2. The Bertz CT molecular complexity index is 2790. The van der Waals surface area contributed by atoms with Gasteiger partial charge < -0.3 is 58.4 Å². The third kappa shape index (κ3) is 13.9. The van der Waals surface area contributed by atoms with E-state index >= 15 is 0 Å². The van der Waals surface area contributed by atoms with Crippen LogP contribution in [0.15, 0.2) is 85.3 Å². The van der Waals surface area contributed by atoms with Gasteiger partial charge >= 0.3 is 0 Å². The zero-order valence-corrected chi connectivity index (χ0v) is 47.3. The number of hydrogen-bond acceptors (Lipinski definition) is 11. The van der Waals surface area contributed by atoms with Gasteiger partial charge in [0, 0.05) is 44.1 Å². The lowest BCUT2D eigenvalue weighted by Gasteiger charge is -2.63. The second kappa shape index (κ2) is 25.7. The van der Waals surface area contributed by atoms with Gasteiger partial charge in [-0.3, -0.25) is 28.8 Å². The van der Waals surface area contributed by atoms with E-state index in [1.54, 1.807) is 12.1 Å². The molecule has 434 valence electrons. The van der Waals surface area contributed by atoms with Crippen LogP contribution in [0.5, 0.6) is 0 Å². The highest BCUT2D eigenvalue weighted by Gasteiger charge is 2.65. The molecular weight excluding hydrogens is 1010 g/mol. The zero-order chi connectivity index (χ0) is 57.5. The van der Waals surface area contributed by atoms with Crippen molar-refractivity contribution in [2.75, 3.05) is 6.54 Å². The van der Waals surface area contributed by atoms with E-state index in [0.717, 1.165) is 54.0 Å². The van der Waals surface area contributed by atoms with Crippen LogP contribution < -0.4 is 38.1 Å². The third-order valence-electron chi connectivity index (χ3n) is 19.2. The molecule has 4 saturated carbocycles. The van der Waals surface area contributed by atoms with Crippen molar-refractivity contribution in [2.45, 2.75) is 179 Å². The number of rotatable bonds is 24. The van der Waals surface area contributed by atoms with Crippen LogP contribution in [0.4, 0.5) is 0 Å². The van der Waals surface area contributed by atoms with E-state index in [1.165, 1.54) is 26.4 Å². The van der Waals surface area contributed by atoms with Crippen molar-refractivity contribution in [1.82, 2.24) is 36.6 Å². The molecule has 3 aromatic carbocycles. The van der Waals surface area contributed by atoms with E-state index in [1.807, 2.05) is 60.7 Å². The number of imidazole rings is 1. The number of benzene rings is 3. The number of H-pyrrole nitrogens is 1. The molecule has 1 aromatic heterocycles. The van der Waals surface area contributed by atoms with Crippen molar-refractivity contribution < 1.29 is 44.1 Å². The fourth-order valence-corrected chi connectivity index (χ4v) is 14.6. The molecule has 4 fully saturated rings. The Morgan fingerprint density at radius 2 is 1.39 bits per heavy atom. The molecule has 0 bridgehead atoms. The van der Waals surface area contributed by atoms with E-state index in [4.69, 9.17) is 11.5 Å². The molecule has 15 atom stereocenters. The molecule has 0 aliphatic heterocycles. The van der Waals surface area contributed by atoms with E-state index in [2.05, 4.69) is 57.3 Å². The van der Waals surface area contributed by atoms with Crippen molar-refractivity contribution >= 4 is 46.2 Å². The minimum Gasteiger partial charge on any atom is -0.393 e. The van der Waals surface area contributed by atoms with Crippen LogP contribution in [0.1, 0.15) is 128 Å². The largest absolute Gasteiger partial charge is 0.393 e. The van der Waals surface area contributed by atoms with Gasteiger partial charge in [-0.05, 0) is 153 Å². The normalized spacial score (nSPS) is 28.1. The summed E-state index contributed by atoms with van der Waals surface area (Å²) in [6.07, 6.45) is 9.54. The average Bonchev–Trinajstić information content (AvgIpc) is 4.08. The van der Waals surface area contributed by atoms with E-state index < -0.39 is 71.5 Å². The summed E-state index contributed by atoms with van der Waals surface area (Å²) in [5.41, 5.74) is 12.3. The fourth-order valence-electron chi connectivity index (χ4n) is 14.6. The Balaban J connectivity index is 0.868. The lowest BCUT2D eigenvalue weighted by molar-refractivity contribution is -0.207. The fraction of sp³-hybridized carbons (Fsp3) is 0.597. The highest BCUT2D eigenvalue weighted by molar-refractivity contribution is 5.96. The van der Waals surface area contributed by atoms with Gasteiger partial charge in [-0.2, -0.15) is 0 Å². The molecule has 0 radical (unpaired) electrons. The summed E-state index contributed by atoms with van der Waals surface area (Å²) in [5.74, 6) is -2.28. The minimum atomic E-state index is -1.33. The van der Waals surface area contributed by atoms with Crippen LogP contribution in [0, 0.1) is 46.3 Å². The number of amides is 6. The first-order valence-corrected chi connectivity index (χ1v) is 29.1. The van der Waals surface area contributed by atoms with Crippen molar-refractivity contribution in [3.63, 3.8) is 0 Å². The number of primary amides is 1. The highest BCUT2D eigenvalue weighted by atomic mass is 16.3. The number of nitrogens with one attached hydrogen (secondary N) is 6. The second-order valence-electron chi connectivity index (χ2n) is 25.1. The Morgan fingerprint density at radius 3 is 2.05 bits per heavy atom. The van der Waals surface area contributed by atoms with Gasteiger partial charge in [-0.15, -0.1) is 0 Å². The number of carbonyl (C=O) groups excluding carboxylic acids is 6. The molecule has 18 heteroatoms. The maximum atomic E-state index is 14.7. The predicted molar refractivity (Wildman–Crippen MR) is 305 cm³/mol. The van der Waals surface area contributed by atoms with Gasteiger partial charge in [-0.1, -0.05) is 93.6 Å². The molecule has 80 heavy (non-hydrogen) atoms. The lowest BCUT2D eigenvalue weighted by Crippen LogP contribution is -2.62. The number of hydrogen-bond donors (Lipinski definition) is 11. The number of carbonyl (C=O) groups is 6. The number of aliphatic hydroxyl groups is 3. The van der Waals surface area contributed by atoms with Gasteiger partial charge in [0.1, 0.15) is 24.2 Å². The van der Waals surface area contributed by atoms with Gasteiger partial charge in [0.25, 0.3) is 0 Å². The molecule has 1 heterocycles. The summed E-state index contributed by atoms with van der Waals surface area (Å²) in [5, 5.41) is 50.3. The topological polar surface area (TPSA) is 304 Å². The molecule has 13 N–H and O–H groups in total. The van der Waals surface area contributed by atoms with E-state index in [9.17, 15) is 44.1 Å². The summed E-state index contributed by atoms with van der Waals surface area (Å²) in [6.45, 7) is 10.1. The Kier molecular flexibility index (Phi) is 19.3. The number of nitrogens with two attached hydrogens (primary N) is 2. The van der Waals surface area contributed by atoms with Crippen molar-refractivity contribution in [3.8, 4) is 0 Å². The minimum absolute atomic E-state index is 0.000884. The first kappa shape index (κ1) is 59.9. The SMILES string of the molecule is C[C@H](CCC(=O)NCCCC[C@H](NC(=O)[C@@H](Cc1ccccc1)NC(=O)[C@@H](Cc1ccc2ccccc2c1)NC(=O)[C@H](Cc1cnc[nH]1)NC(=O)C(C)(C)N)C(N)=O)[C@H]1CC[C@H]2[C@@H]3[C@H](O)C[C@@H]4C[C@H](O)CC[C@]4(C)[C@H]3C[C@H](O)[C@]12C. The molecule has 4 aliphatic carbocycles. The number of unbranched alkanes of at least 4 members (excludes halogenated alkanes) is 1. The summed E-state index contributed by atoms with van der Waals surface area (Å²) in [7, 11) is 0. The zero-order valence-electron chi connectivity index (χ0n) is 47.3. The standard InChI is InChI=1S/C62H87N9O9/c1-36(44-21-22-45-54-46(33-52(74)62(44,45)5)61(4)25-24-43(72)30-41(61)31-51(54)73)18-23-53(75)66-26-12-11-17-47(55(63)76)68-56(77)48(28-37-13-7-6-8-14-37)69-57(78)49(29-38-19-20-39-15-9-10-16-40(39)27-38)70-58(79)50(32-42-34-65-35-67-42)71-59(80)60(2,3)64/h6-10,13-16,19-20,27,34-36,41,43-52,54,72-74H,11-12,17-18,21-26,28-33,64H2,1-5H3,(H2,63,76)(H,65,67)(H,66,75)(H,68,77)(H,69,78)(H,70,79)(H,71,80)/t36-,41+,43-,44-,45+,46+,47+,48-,49-,50+,51-,52+,54+,61+,62-/m1/s1. The maximum Gasteiger partial charge on any atom is 0.243 e. The predicted octanol–water partition coefficient (Wildman–Crippen LogP) is 4.42. The Labute approximate surface area is 470 Å². The highest BCUT2D eigenvalue weighted by Crippen LogP contribution is 2.68. The molecule has 18 nitrogen and oxygen atoms in total. The molecule has 4 aromatic rings. The first-order valence-electron chi connectivity index (χ1n) is 29.1. The van der Waals surface area contributed by atoms with Crippen LogP contribution in [-0.2, 0) is 48.0 Å². The first-order chi connectivity index (χ1) is 38.0. The molecule has 0 spiro atoms. The maximum absolute atomic E-state index is 14.7. The van der Waals surface area contributed by atoms with Crippen LogP contribution in [0.25, 0.3) is 10.8 Å². The van der Waals surface area contributed by atoms with Gasteiger partial charge in [-0.25, -0.2) is 4.98 Å². The average molecular weight is 1100 g/mol. The summed E-state index contributed by atoms with van der Waals surface area (Å²) in [6, 6.07) is 17.7. The Hall–Kier alpha value is -6.21. The van der Waals surface area contributed by atoms with Crippen molar-refractivity contribution in [3.05, 3.63) is 102 Å². The molecule has 0 saturated heterocycles. The summed E-state index contributed by atoms with van der Waals surface area (Å²) >= 11 is 0. The van der Waals surface area contributed by atoms with Crippen LogP contribution in [-0.4, -0.2) is 115 Å². The van der Waals surface area contributed by atoms with Crippen LogP contribution in [0.3, 0.4) is 0 Å². The number of aromatic nitrogens is 2. The number of fused-ring (bicyclic) bond motifs is 6. The Morgan fingerprint density at radius 1 is 0.738 bits per heavy atom. The van der Waals surface area contributed by atoms with E-state index in [0.29, 0.717) is 50.8 Å². The van der Waals surface area contributed by atoms with Crippen LogP contribution >= 0.6 is 0 Å². The summed E-state index contributed by atoms with van der Waals surface area (Å²) < 4.78 is 0. The quantitative estimate of drug-likeness (QED) is 0.0437. The number of aromatic amines is 1. The molecular formula is C62H87N9O9. The number of aliphatic hydroxyl groups excluding tert-OH is 3. The monoisotopic (exact) mass is 1100 g/mol. The van der Waals surface area contributed by atoms with Crippen LogP contribution in [0.2, 0.25) is 0 Å². The molecule has 8 rings (SSSR count).